The Hall–Kier alpha value is -2.66. The summed E-state index contributed by atoms with van der Waals surface area (Å²) in [5.74, 6) is -2.55. The smallest absolute Gasteiger partial charge is 0.271 e. The van der Waals surface area contributed by atoms with Crippen molar-refractivity contribution in [3.05, 3.63) is 46.5 Å². The van der Waals surface area contributed by atoms with Gasteiger partial charge in [-0.3, -0.25) is 9.52 Å². The minimum Gasteiger partial charge on any atom is -0.389 e. The van der Waals surface area contributed by atoms with Crippen LogP contribution in [0.1, 0.15) is 22.5 Å². The fourth-order valence-corrected chi connectivity index (χ4v) is 4.09. The number of halogens is 2. The number of nitriles is 1. The van der Waals surface area contributed by atoms with Gasteiger partial charge in [-0.15, -0.1) is 11.3 Å². The number of benzene rings is 1. The maximum atomic E-state index is 13.5. The summed E-state index contributed by atoms with van der Waals surface area (Å²) in [6, 6.07) is 3.11. The summed E-state index contributed by atoms with van der Waals surface area (Å²) in [6.45, 7) is 0. The van der Waals surface area contributed by atoms with Crippen LogP contribution in [0, 0.1) is 23.0 Å². The Morgan fingerprint density at radius 3 is 2.50 bits per heavy atom. The summed E-state index contributed by atoms with van der Waals surface area (Å²) in [5.41, 5.74) is -0.0812. The van der Waals surface area contributed by atoms with Gasteiger partial charge in [0.1, 0.15) is 23.4 Å². The first-order chi connectivity index (χ1) is 14.0. The van der Waals surface area contributed by atoms with Crippen molar-refractivity contribution in [2.45, 2.75) is 31.1 Å². The zero-order chi connectivity index (χ0) is 22.5. The molecule has 0 aliphatic carbocycles. The number of sulfonamides is 1. The minimum atomic E-state index is -3.60. The lowest BCUT2D eigenvalue weighted by Gasteiger charge is -2.26. The lowest BCUT2D eigenvalue weighted by atomic mass is 9.96. The van der Waals surface area contributed by atoms with Crippen LogP contribution < -0.4 is 10.0 Å². The van der Waals surface area contributed by atoms with Gasteiger partial charge in [0, 0.05) is 11.4 Å². The Labute approximate surface area is 175 Å². The number of carbonyl (C=O) groups is 1. The minimum absolute atomic E-state index is 0.0588. The highest BCUT2D eigenvalue weighted by molar-refractivity contribution is 7.92. The van der Waals surface area contributed by atoms with Gasteiger partial charge in [-0.25, -0.2) is 22.2 Å². The number of thiazole rings is 1. The van der Waals surface area contributed by atoms with Gasteiger partial charge < -0.3 is 15.5 Å². The maximum Gasteiger partial charge on any atom is 0.271 e. The standard InChI is InChI=1S/C17H18F2N4O5S2/c1-30(27,28)23-17-22-13(8-29-17)16(26)21-12(15(25)14(24)2-3-20)6-9-4-10(18)7-11(19)5-9/h4-5,7-8,12,14-15,24-25H,2,6H2,1H3,(H,21,26)(H,22,23). The van der Waals surface area contributed by atoms with E-state index in [1.54, 1.807) is 6.07 Å². The SMILES string of the molecule is CS(=O)(=O)Nc1nc(C(=O)NC(Cc2cc(F)cc(F)c2)C(O)C(O)CC#N)cs1. The molecule has 1 aromatic carbocycles. The van der Waals surface area contributed by atoms with Gasteiger partial charge in [-0.1, -0.05) is 0 Å². The monoisotopic (exact) mass is 460 g/mol. The number of hydrogen-bond donors (Lipinski definition) is 4. The average Bonchev–Trinajstić information content (AvgIpc) is 3.06. The van der Waals surface area contributed by atoms with Crippen molar-refractivity contribution in [3.8, 4) is 6.07 Å². The Morgan fingerprint density at radius 2 is 1.93 bits per heavy atom. The predicted molar refractivity (Wildman–Crippen MR) is 104 cm³/mol. The van der Waals surface area contributed by atoms with Crippen LogP contribution in [0.5, 0.6) is 0 Å². The van der Waals surface area contributed by atoms with Crippen LogP contribution in [0.2, 0.25) is 0 Å². The third-order valence-corrected chi connectivity index (χ3v) is 5.26. The van der Waals surface area contributed by atoms with Crippen molar-refractivity contribution in [1.29, 1.82) is 5.26 Å². The molecule has 0 aliphatic heterocycles. The van der Waals surface area contributed by atoms with Crippen molar-refractivity contribution in [2.24, 2.45) is 0 Å². The lowest BCUT2D eigenvalue weighted by Crippen LogP contribution is -2.49. The number of hydrogen-bond acceptors (Lipinski definition) is 8. The number of nitrogens with zero attached hydrogens (tertiary/aromatic N) is 2. The summed E-state index contributed by atoms with van der Waals surface area (Å²) >= 11 is 0.846. The highest BCUT2D eigenvalue weighted by atomic mass is 32.2. The fraction of sp³-hybridized carbons (Fsp3) is 0.353. The van der Waals surface area contributed by atoms with Crippen LogP contribution in [0.25, 0.3) is 0 Å². The van der Waals surface area contributed by atoms with Gasteiger partial charge in [0.15, 0.2) is 5.13 Å². The largest absolute Gasteiger partial charge is 0.389 e. The molecule has 13 heteroatoms. The summed E-state index contributed by atoms with van der Waals surface area (Å²) in [7, 11) is -3.60. The van der Waals surface area contributed by atoms with Crippen molar-refractivity contribution >= 4 is 32.4 Å². The summed E-state index contributed by atoms with van der Waals surface area (Å²) in [4.78, 5) is 16.3. The molecule has 1 amide bonds. The number of rotatable bonds is 9. The molecule has 30 heavy (non-hydrogen) atoms. The number of aliphatic hydroxyl groups is 2. The molecule has 2 aromatic rings. The van der Waals surface area contributed by atoms with Gasteiger partial charge in [-0.2, -0.15) is 5.26 Å². The van der Waals surface area contributed by atoms with E-state index >= 15 is 0 Å². The number of nitrogens with one attached hydrogen (secondary N) is 2. The molecule has 4 N–H and O–H groups in total. The number of aromatic nitrogens is 1. The molecular formula is C17H18F2N4O5S2. The van der Waals surface area contributed by atoms with Crippen LogP contribution in [-0.2, 0) is 16.4 Å². The van der Waals surface area contributed by atoms with Gasteiger partial charge in [0.05, 0.1) is 30.9 Å². The number of aliphatic hydroxyl groups excluding tert-OH is 2. The molecule has 0 radical (unpaired) electrons. The highest BCUT2D eigenvalue weighted by Gasteiger charge is 2.29. The third kappa shape index (κ3) is 6.99. The first-order valence-electron chi connectivity index (χ1n) is 8.40. The quantitative estimate of drug-likeness (QED) is 0.431. The average molecular weight is 460 g/mol. The molecule has 0 saturated heterocycles. The van der Waals surface area contributed by atoms with Crippen LogP contribution >= 0.6 is 11.3 Å². The highest BCUT2D eigenvalue weighted by Crippen LogP contribution is 2.18. The molecule has 162 valence electrons. The Bertz CT molecular complexity index is 1030. The molecule has 2 rings (SSSR count). The number of amides is 1. The zero-order valence-electron chi connectivity index (χ0n) is 15.5. The van der Waals surface area contributed by atoms with E-state index in [0.717, 1.165) is 29.7 Å². The molecule has 9 nitrogen and oxygen atoms in total. The first kappa shape index (κ1) is 23.6. The second-order valence-electron chi connectivity index (χ2n) is 6.39. The molecule has 0 aliphatic rings. The Balaban J connectivity index is 2.23. The number of anilines is 1. The van der Waals surface area contributed by atoms with Crippen molar-refractivity contribution in [3.63, 3.8) is 0 Å². The van der Waals surface area contributed by atoms with Gasteiger partial charge in [0.25, 0.3) is 5.91 Å². The molecule has 1 heterocycles. The normalized spacial score (nSPS) is 14.4. The van der Waals surface area contributed by atoms with E-state index in [0.29, 0.717) is 6.07 Å². The Kier molecular flexibility index (Phi) is 7.79. The van der Waals surface area contributed by atoms with E-state index in [9.17, 15) is 32.2 Å². The molecule has 0 fully saturated rings. The molecule has 0 saturated carbocycles. The molecule has 0 spiro atoms. The topological polar surface area (TPSA) is 152 Å². The predicted octanol–water partition coefficient (Wildman–Crippen LogP) is 0.769. The summed E-state index contributed by atoms with van der Waals surface area (Å²) < 4.78 is 51.6. The van der Waals surface area contributed by atoms with Crippen LogP contribution in [0.3, 0.4) is 0 Å². The van der Waals surface area contributed by atoms with Gasteiger partial charge in [0.2, 0.25) is 10.0 Å². The molecular weight excluding hydrogens is 442 g/mol. The van der Waals surface area contributed by atoms with Gasteiger partial charge in [-0.05, 0) is 24.1 Å². The Morgan fingerprint density at radius 1 is 1.30 bits per heavy atom. The van der Waals surface area contributed by atoms with E-state index in [1.165, 1.54) is 5.38 Å². The zero-order valence-corrected chi connectivity index (χ0v) is 17.2. The fourth-order valence-electron chi connectivity index (χ4n) is 2.55. The van der Waals surface area contributed by atoms with Crippen molar-refractivity contribution in [1.82, 2.24) is 10.3 Å². The first-order valence-corrected chi connectivity index (χ1v) is 11.2. The van der Waals surface area contributed by atoms with Crippen LogP contribution in [-0.4, -0.2) is 54.0 Å². The van der Waals surface area contributed by atoms with Gasteiger partial charge >= 0.3 is 0 Å². The van der Waals surface area contributed by atoms with Crippen molar-refractivity contribution in [2.75, 3.05) is 11.0 Å². The van der Waals surface area contributed by atoms with E-state index in [1.807, 2.05) is 0 Å². The van der Waals surface area contributed by atoms with E-state index in [-0.39, 0.29) is 22.8 Å². The molecule has 1 aromatic heterocycles. The second kappa shape index (κ2) is 9.90. The molecule has 3 unspecified atom stereocenters. The summed E-state index contributed by atoms with van der Waals surface area (Å²) in [6.07, 6.45) is -2.95. The maximum absolute atomic E-state index is 13.5. The lowest BCUT2D eigenvalue weighted by molar-refractivity contribution is -0.000397. The summed E-state index contributed by atoms with van der Waals surface area (Å²) in [5, 5.41) is 32.6. The molecule has 0 bridgehead atoms. The second-order valence-corrected chi connectivity index (χ2v) is 9.00. The number of carbonyl (C=O) groups excluding carboxylic acids is 1. The van der Waals surface area contributed by atoms with Crippen LogP contribution in [0.15, 0.2) is 23.6 Å². The van der Waals surface area contributed by atoms with Crippen LogP contribution in [0.4, 0.5) is 13.9 Å². The van der Waals surface area contributed by atoms with Crippen molar-refractivity contribution < 1.29 is 32.2 Å². The van der Waals surface area contributed by atoms with E-state index in [2.05, 4.69) is 15.0 Å². The van der Waals surface area contributed by atoms with E-state index < -0.39 is 52.2 Å². The third-order valence-electron chi connectivity index (χ3n) is 3.81. The van der Waals surface area contributed by atoms with E-state index in [4.69, 9.17) is 5.26 Å². The molecule has 3 atom stereocenters.